The van der Waals surface area contributed by atoms with Gasteiger partial charge in [-0.25, -0.2) is 4.79 Å². The summed E-state index contributed by atoms with van der Waals surface area (Å²) in [7, 11) is 0. The number of aromatic hydroxyl groups is 2. The fraction of sp³-hybridized carbons (Fsp3) is 0. The maximum atomic E-state index is 12.6. The molecule has 0 aliphatic carbocycles. The van der Waals surface area contributed by atoms with Crippen molar-refractivity contribution < 1.29 is 24.9 Å². The Morgan fingerprint density at radius 2 is 1.76 bits per heavy atom. The van der Waals surface area contributed by atoms with Crippen LogP contribution in [0.15, 0.2) is 47.4 Å². The van der Waals surface area contributed by atoms with Gasteiger partial charge in [0.2, 0.25) is 0 Å². The van der Waals surface area contributed by atoms with Gasteiger partial charge in [0.15, 0.2) is 15.8 Å². The smallest absolute Gasteiger partial charge is 0.335 e. The van der Waals surface area contributed by atoms with Gasteiger partial charge in [-0.15, -0.1) is 0 Å². The summed E-state index contributed by atoms with van der Waals surface area (Å²) >= 11 is 6.35. The predicted molar refractivity (Wildman–Crippen MR) is 98.8 cm³/mol. The minimum absolute atomic E-state index is 0.115. The molecule has 1 heterocycles. The Bertz CT molecular complexity index is 921. The molecule has 0 unspecified atom stereocenters. The van der Waals surface area contributed by atoms with E-state index in [1.807, 2.05) is 0 Å². The zero-order chi connectivity index (χ0) is 18.1. The van der Waals surface area contributed by atoms with Crippen LogP contribution in [-0.4, -0.2) is 31.5 Å². The van der Waals surface area contributed by atoms with Crippen molar-refractivity contribution in [2.45, 2.75) is 0 Å². The van der Waals surface area contributed by atoms with Crippen LogP contribution in [0, 0.1) is 0 Å². The number of thiocarbonyl (C=S) groups is 1. The number of amides is 1. The van der Waals surface area contributed by atoms with Gasteiger partial charge in [0.1, 0.15) is 0 Å². The number of aromatic carboxylic acids is 1. The highest BCUT2D eigenvalue weighted by atomic mass is 32.2. The second kappa shape index (κ2) is 6.58. The first-order valence-electron chi connectivity index (χ1n) is 7.00. The summed E-state index contributed by atoms with van der Waals surface area (Å²) in [5.74, 6) is -1.92. The maximum absolute atomic E-state index is 12.6. The summed E-state index contributed by atoms with van der Waals surface area (Å²) in [6, 6.07) is 10.1. The van der Waals surface area contributed by atoms with Crippen molar-refractivity contribution in [3.8, 4) is 11.5 Å². The molecule has 3 N–H and O–H groups in total. The molecule has 25 heavy (non-hydrogen) atoms. The SMILES string of the molecule is O=C(O)c1ccc(N2C(=O)/C(=C/c3ccc(O)c(O)c3)SC2=S)cc1. The lowest BCUT2D eigenvalue weighted by atomic mass is 10.1. The Hall–Kier alpha value is -2.84. The first kappa shape index (κ1) is 17.0. The molecule has 0 radical (unpaired) electrons. The van der Waals surface area contributed by atoms with Crippen LogP contribution in [0.1, 0.15) is 15.9 Å². The molecule has 0 saturated carbocycles. The third kappa shape index (κ3) is 3.35. The Balaban J connectivity index is 1.90. The standard InChI is InChI=1S/C17H11NO5S2/c19-12-6-1-9(7-13(12)20)8-14-15(21)18(17(24)25-14)11-4-2-10(3-5-11)16(22)23/h1-8,19-20H,(H,22,23)/b14-8-. The monoisotopic (exact) mass is 373 g/mol. The summed E-state index contributed by atoms with van der Waals surface area (Å²) in [5.41, 5.74) is 1.13. The molecule has 126 valence electrons. The molecule has 1 amide bonds. The van der Waals surface area contributed by atoms with Crippen LogP contribution in [0.5, 0.6) is 11.5 Å². The number of anilines is 1. The number of thioether (sulfide) groups is 1. The molecule has 1 aliphatic heterocycles. The Labute approximate surface area is 152 Å². The van der Waals surface area contributed by atoms with E-state index in [-0.39, 0.29) is 23.0 Å². The summed E-state index contributed by atoms with van der Waals surface area (Å²) in [6.07, 6.45) is 1.56. The van der Waals surface area contributed by atoms with E-state index in [1.54, 1.807) is 12.1 Å². The second-order valence-corrected chi connectivity index (χ2v) is 6.79. The second-order valence-electron chi connectivity index (χ2n) is 5.12. The number of hydrogen-bond donors (Lipinski definition) is 3. The third-order valence-electron chi connectivity index (χ3n) is 3.46. The van der Waals surface area contributed by atoms with E-state index in [2.05, 4.69) is 0 Å². The van der Waals surface area contributed by atoms with Crippen molar-refractivity contribution in [1.29, 1.82) is 0 Å². The molecule has 1 fully saturated rings. The van der Waals surface area contributed by atoms with Crippen molar-refractivity contribution in [1.82, 2.24) is 0 Å². The van der Waals surface area contributed by atoms with E-state index in [0.29, 0.717) is 20.5 Å². The predicted octanol–water partition coefficient (Wildman–Crippen LogP) is 3.20. The molecule has 6 nitrogen and oxygen atoms in total. The van der Waals surface area contributed by atoms with Gasteiger partial charge in [0, 0.05) is 0 Å². The molecule has 0 bridgehead atoms. The van der Waals surface area contributed by atoms with Gasteiger partial charge in [-0.1, -0.05) is 30.0 Å². The summed E-state index contributed by atoms with van der Waals surface area (Å²) < 4.78 is 0.322. The number of rotatable bonds is 3. The van der Waals surface area contributed by atoms with E-state index in [4.69, 9.17) is 17.3 Å². The molecule has 0 spiro atoms. The third-order valence-corrected chi connectivity index (χ3v) is 4.77. The minimum Gasteiger partial charge on any atom is -0.504 e. The molecule has 2 aromatic carbocycles. The van der Waals surface area contributed by atoms with Crippen LogP contribution in [0.4, 0.5) is 5.69 Å². The molecular weight excluding hydrogens is 362 g/mol. The van der Waals surface area contributed by atoms with Crippen molar-refractivity contribution in [3.05, 3.63) is 58.5 Å². The molecule has 3 rings (SSSR count). The van der Waals surface area contributed by atoms with Crippen LogP contribution >= 0.6 is 24.0 Å². The van der Waals surface area contributed by atoms with Gasteiger partial charge < -0.3 is 15.3 Å². The Morgan fingerprint density at radius 1 is 1.08 bits per heavy atom. The highest BCUT2D eigenvalue weighted by Gasteiger charge is 2.33. The van der Waals surface area contributed by atoms with Crippen LogP contribution in [-0.2, 0) is 4.79 Å². The average Bonchev–Trinajstić information content (AvgIpc) is 2.85. The number of nitrogens with zero attached hydrogens (tertiary/aromatic N) is 1. The minimum atomic E-state index is -1.05. The summed E-state index contributed by atoms with van der Waals surface area (Å²) in [5, 5.41) is 27.8. The van der Waals surface area contributed by atoms with Crippen molar-refractivity contribution >= 4 is 51.9 Å². The van der Waals surface area contributed by atoms with Gasteiger partial charge in [-0.3, -0.25) is 9.69 Å². The highest BCUT2D eigenvalue weighted by molar-refractivity contribution is 8.27. The lowest BCUT2D eigenvalue weighted by Crippen LogP contribution is -2.27. The van der Waals surface area contributed by atoms with Gasteiger partial charge in [0.25, 0.3) is 5.91 Å². The summed E-state index contributed by atoms with van der Waals surface area (Å²) in [6.45, 7) is 0. The topological polar surface area (TPSA) is 98.1 Å². The van der Waals surface area contributed by atoms with Gasteiger partial charge in [-0.05, 0) is 48.0 Å². The lowest BCUT2D eigenvalue weighted by molar-refractivity contribution is -0.113. The van der Waals surface area contributed by atoms with E-state index in [1.165, 1.54) is 41.3 Å². The number of phenolic OH excluding ortho intramolecular Hbond substituents is 2. The van der Waals surface area contributed by atoms with Crippen LogP contribution in [0.25, 0.3) is 6.08 Å². The van der Waals surface area contributed by atoms with Crippen LogP contribution < -0.4 is 4.90 Å². The van der Waals surface area contributed by atoms with Crippen molar-refractivity contribution in [2.24, 2.45) is 0 Å². The average molecular weight is 373 g/mol. The van der Waals surface area contributed by atoms with Gasteiger partial charge in [-0.2, -0.15) is 0 Å². The number of benzene rings is 2. The molecule has 8 heteroatoms. The summed E-state index contributed by atoms with van der Waals surface area (Å²) in [4.78, 5) is 25.2. The molecule has 0 aromatic heterocycles. The number of carbonyl (C=O) groups excluding carboxylic acids is 1. The van der Waals surface area contributed by atoms with Crippen molar-refractivity contribution in [2.75, 3.05) is 4.90 Å². The number of hydrogen-bond acceptors (Lipinski definition) is 6. The van der Waals surface area contributed by atoms with Crippen LogP contribution in [0.3, 0.4) is 0 Å². The van der Waals surface area contributed by atoms with Crippen molar-refractivity contribution in [3.63, 3.8) is 0 Å². The number of carbonyl (C=O) groups is 2. The normalized spacial score (nSPS) is 15.8. The van der Waals surface area contributed by atoms with E-state index >= 15 is 0 Å². The zero-order valence-corrected chi connectivity index (χ0v) is 14.2. The van der Waals surface area contributed by atoms with E-state index in [9.17, 15) is 19.8 Å². The highest BCUT2D eigenvalue weighted by Crippen LogP contribution is 2.36. The fourth-order valence-electron chi connectivity index (χ4n) is 2.23. The number of phenols is 2. The van der Waals surface area contributed by atoms with Gasteiger partial charge in [0.05, 0.1) is 16.2 Å². The lowest BCUT2D eigenvalue weighted by Gasteiger charge is -2.14. The van der Waals surface area contributed by atoms with E-state index < -0.39 is 5.97 Å². The molecule has 1 saturated heterocycles. The number of carboxylic acid groups (broad SMARTS) is 1. The molecule has 2 aromatic rings. The molecular formula is C17H11NO5S2. The largest absolute Gasteiger partial charge is 0.504 e. The quantitative estimate of drug-likeness (QED) is 0.432. The first-order chi connectivity index (χ1) is 11.9. The maximum Gasteiger partial charge on any atom is 0.335 e. The zero-order valence-electron chi connectivity index (χ0n) is 12.5. The van der Waals surface area contributed by atoms with E-state index in [0.717, 1.165) is 11.8 Å². The molecule has 0 atom stereocenters. The first-order valence-corrected chi connectivity index (χ1v) is 8.22. The fourth-order valence-corrected chi connectivity index (χ4v) is 3.52. The Kier molecular flexibility index (Phi) is 4.47. The van der Waals surface area contributed by atoms with Gasteiger partial charge >= 0.3 is 5.97 Å². The van der Waals surface area contributed by atoms with Crippen LogP contribution in [0.2, 0.25) is 0 Å². The number of carboxylic acids is 1. The Morgan fingerprint density at radius 3 is 2.36 bits per heavy atom. The molecule has 1 aliphatic rings.